The van der Waals surface area contributed by atoms with Gasteiger partial charge in [0.2, 0.25) is 0 Å². The summed E-state index contributed by atoms with van der Waals surface area (Å²) < 4.78 is 17.8. The first-order valence-corrected chi connectivity index (χ1v) is 12.7. The van der Waals surface area contributed by atoms with E-state index in [0.29, 0.717) is 22.6 Å². The molecule has 0 unspecified atom stereocenters. The van der Waals surface area contributed by atoms with Crippen LogP contribution in [-0.4, -0.2) is 70.2 Å². The van der Waals surface area contributed by atoms with Gasteiger partial charge in [-0.2, -0.15) is 10.4 Å². The van der Waals surface area contributed by atoms with Gasteiger partial charge in [0.05, 0.1) is 58.1 Å². The first-order valence-electron chi connectivity index (χ1n) is 12.7. The zero-order valence-corrected chi connectivity index (χ0v) is 21.6. The minimum Gasteiger partial charge on any atom is -0.387 e. The monoisotopic (exact) mass is 532 g/mol. The second-order valence-corrected chi connectivity index (χ2v) is 10.3. The normalized spacial score (nSPS) is 18.4. The maximum atomic E-state index is 14.3. The van der Waals surface area contributed by atoms with Crippen molar-refractivity contribution < 1.29 is 14.3 Å². The number of aromatic nitrogens is 7. The van der Waals surface area contributed by atoms with E-state index in [1.54, 1.807) is 27.7 Å². The second kappa shape index (κ2) is 10.7. The van der Waals surface area contributed by atoms with Gasteiger partial charge in [-0.15, -0.1) is 5.10 Å². The first kappa shape index (κ1) is 26.2. The Labute approximate surface area is 223 Å². The molecule has 0 spiro atoms. The van der Waals surface area contributed by atoms with Crippen molar-refractivity contribution in [3.63, 3.8) is 0 Å². The predicted octanol–water partition coefficient (Wildman–Crippen LogP) is 2.69. The van der Waals surface area contributed by atoms with Gasteiger partial charge in [0.1, 0.15) is 18.6 Å². The molecule has 4 aromatic rings. The van der Waals surface area contributed by atoms with E-state index in [2.05, 4.69) is 42.3 Å². The molecule has 1 aliphatic rings. The van der Waals surface area contributed by atoms with Crippen molar-refractivity contribution in [3.05, 3.63) is 54.1 Å². The van der Waals surface area contributed by atoms with Crippen LogP contribution in [0.25, 0.3) is 16.9 Å². The van der Waals surface area contributed by atoms with Crippen molar-refractivity contribution >= 4 is 17.1 Å². The summed E-state index contributed by atoms with van der Waals surface area (Å²) in [6.45, 7) is 2.37. The van der Waals surface area contributed by atoms with Gasteiger partial charge < -0.3 is 15.7 Å². The molecule has 3 N–H and O–H groups in total. The Morgan fingerprint density at radius 2 is 2.05 bits per heavy atom. The molecule has 0 aromatic carbocycles. The summed E-state index contributed by atoms with van der Waals surface area (Å²) in [6.07, 6.45) is 6.33. The van der Waals surface area contributed by atoms with E-state index in [-0.39, 0.29) is 24.2 Å². The Kier molecular flexibility index (Phi) is 7.21. The highest BCUT2D eigenvalue weighted by Crippen LogP contribution is 2.32. The van der Waals surface area contributed by atoms with Crippen LogP contribution in [0.5, 0.6) is 0 Å². The molecule has 1 atom stereocenters. The maximum Gasteiger partial charge on any atom is 0.255 e. The number of pyridine rings is 1. The number of anilines is 1. The molecule has 12 nitrogen and oxygen atoms in total. The van der Waals surface area contributed by atoms with E-state index >= 15 is 0 Å². The minimum atomic E-state index is -1.64. The Hall–Kier alpha value is -4.44. The number of carbonyl (C=O) groups excluding carboxylic acids is 1. The maximum absolute atomic E-state index is 14.3. The summed E-state index contributed by atoms with van der Waals surface area (Å²) in [6, 6.07) is 9.60. The van der Waals surface area contributed by atoms with E-state index in [4.69, 9.17) is 0 Å². The van der Waals surface area contributed by atoms with Crippen molar-refractivity contribution in [1.82, 2.24) is 40.1 Å². The Morgan fingerprint density at radius 3 is 2.74 bits per heavy atom. The van der Waals surface area contributed by atoms with Crippen molar-refractivity contribution in [1.29, 1.82) is 5.26 Å². The number of nitriles is 1. The van der Waals surface area contributed by atoms with Crippen LogP contribution >= 0.6 is 0 Å². The fraction of sp³-hybridized carbons (Fsp3) is 0.423. The molecular weight excluding hydrogens is 503 g/mol. The Morgan fingerprint density at radius 1 is 1.26 bits per heavy atom. The van der Waals surface area contributed by atoms with Crippen LogP contribution in [0.15, 0.2) is 43.0 Å². The largest absolute Gasteiger partial charge is 0.387 e. The van der Waals surface area contributed by atoms with E-state index in [1.165, 1.54) is 26.2 Å². The SMILES string of the molecule is CC(C)(O)[C@H](F)CNC(=O)c1cnc(-c2ccc3cc(C#N)cnn23)cc1N[C@H]1CC[C@H](n2cnnn2)CC1. The Balaban J connectivity index is 1.41. The van der Waals surface area contributed by atoms with Gasteiger partial charge in [0.15, 0.2) is 0 Å². The van der Waals surface area contributed by atoms with Gasteiger partial charge in [-0.3, -0.25) is 9.78 Å². The van der Waals surface area contributed by atoms with Crippen LogP contribution in [-0.2, 0) is 0 Å². The summed E-state index contributed by atoms with van der Waals surface area (Å²) in [5.74, 6) is -0.498. The fourth-order valence-corrected chi connectivity index (χ4v) is 4.72. The standard InChI is InChI=1S/C26H29FN10O2/c1-26(2,39)24(27)14-30-25(38)20-13-29-22(23-8-7-19-9-16(11-28)12-32-37(19)23)10-21(20)33-17-3-5-18(6-4-17)36-15-31-34-35-36/h7-10,12-13,15,17-18,24,39H,3-6,14H2,1-2H3,(H,29,33)(H,30,38)/t17-,18-,24-/m1/s1. The lowest BCUT2D eigenvalue weighted by Gasteiger charge is -2.30. The molecule has 4 aromatic heterocycles. The molecule has 202 valence electrons. The summed E-state index contributed by atoms with van der Waals surface area (Å²) in [4.78, 5) is 17.6. The number of amides is 1. The topological polar surface area (TPSA) is 159 Å². The number of nitrogens with one attached hydrogen (secondary N) is 2. The quantitative estimate of drug-likeness (QED) is 0.310. The number of carbonyl (C=O) groups is 1. The molecule has 1 amide bonds. The summed E-state index contributed by atoms with van der Waals surface area (Å²) in [5, 5.41) is 41.0. The number of hydrogen-bond donors (Lipinski definition) is 3. The van der Waals surface area contributed by atoms with Crippen molar-refractivity contribution in [2.75, 3.05) is 11.9 Å². The molecule has 4 heterocycles. The molecule has 0 aliphatic heterocycles. The fourth-order valence-electron chi connectivity index (χ4n) is 4.72. The van der Waals surface area contributed by atoms with Crippen LogP contribution in [0.2, 0.25) is 0 Å². The summed E-state index contributed by atoms with van der Waals surface area (Å²) in [7, 11) is 0. The molecule has 39 heavy (non-hydrogen) atoms. The summed E-state index contributed by atoms with van der Waals surface area (Å²) >= 11 is 0. The molecule has 0 saturated heterocycles. The lowest BCUT2D eigenvalue weighted by atomic mass is 9.91. The molecule has 0 bridgehead atoms. The number of fused-ring (bicyclic) bond motifs is 1. The van der Waals surface area contributed by atoms with Gasteiger partial charge in [-0.25, -0.2) is 13.6 Å². The van der Waals surface area contributed by atoms with E-state index in [9.17, 15) is 19.6 Å². The van der Waals surface area contributed by atoms with Gasteiger partial charge in [-0.1, -0.05) is 0 Å². The highest BCUT2D eigenvalue weighted by Gasteiger charge is 2.28. The van der Waals surface area contributed by atoms with Gasteiger partial charge in [-0.05, 0) is 74.2 Å². The molecule has 1 aliphatic carbocycles. The van der Waals surface area contributed by atoms with Crippen LogP contribution in [0.3, 0.4) is 0 Å². The van der Waals surface area contributed by atoms with E-state index in [1.807, 2.05) is 12.1 Å². The molecule has 0 radical (unpaired) electrons. The van der Waals surface area contributed by atoms with Crippen molar-refractivity contribution in [2.45, 2.75) is 63.4 Å². The molecule has 13 heteroatoms. The van der Waals surface area contributed by atoms with Crippen molar-refractivity contribution in [2.24, 2.45) is 0 Å². The van der Waals surface area contributed by atoms with Gasteiger partial charge >= 0.3 is 0 Å². The van der Waals surface area contributed by atoms with Crippen LogP contribution in [0.1, 0.15) is 61.5 Å². The highest BCUT2D eigenvalue weighted by molar-refractivity contribution is 6.00. The predicted molar refractivity (Wildman–Crippen MR) is 139 cm³/mol. The number of tetrazole rings is 1. The lowest BCUT2D eigenvalue weighted by Crippen LogP contribution is -2.42. The Bertz CT molecular complexity index is 1500. The minimum absolute atomic E-state index is 0.0881. The zero-order valence-electron chi connectivity index (χ0n) is 21.6. The number of halogens is 1. The average molecular weight is 533 g/mol. The summed E-state index contributed by atoms with van der Waals surface area (Å²) in [5.41, 5.74) is 1.71. The molecular formula is C26H29FN10O2. The number of alkyl halides is 1. The zero-order chi connectivity index (χ0) is 27.6. The third-order valence-electron chi connectivity index (χ3n) is 7.04. The lowest BCUT2D eigenvalue weighted by molar-refractivity contribution is -0.00177. The van der Waals surface area contributed by atoms with Gasteiger partial charge in [0, 0.05) is 12.2 Å². The van der Waals surface area contributed by atoms with Crippen LogP contribution < -0.4 is 10.6 Å². The van der Waals surface area contributed by atoms with Crippen molar-refractivity contribution in [3.8, 4) is 17.5 Å². The van der Waals surface area contributed by atoms with E-state index in [0.717, 1.165) is 31.2 Å². The smallest absolute Gasteiger partial charge is 0.255 e. The molecule has 1 fully saturated rings. The number of hydrogen-bond acceptors (Lipinski definition) is 9. The van der Waals surface area contributed by atoms with E-state index < -0.39 is 17.7 Å². The van der Waals surface area contributed by atoms with Crippen LogP contribution in [0.4, 0.5) is 10.1 Å². The number of nitrogens with zero attached hydrogens (tertiary/aromatic N) is 8. The highest BCUT2D eigenvalue weighted by atomic mass is 19.1. The number of rotatable bonds is 8. The van der Waals surface area contributed by atoms with Crippen LogP contribution in [0, 0.1) is 11.3 Å². The third-order valence-corrected chi connectivity index (χ3v) is 7.04. The molecule has 1 saturated carbocycles. The third kappa shape index (κ3) is 5.70. The van der Waals surface area contributed by atoms with Gasteiger partial charge in [0.25, 0.3) is 5.91 Å². The average Bonchev–Trinajstić information content (AvgIpc) is 3.61. The second-order valence-electron chi connectivity index (χ2n) is 10.3. The number of aliphatic hydroxyl groups is 1. The first-order chi connectivity index (χ1) is 18.7. The molecule has 5 rings (SSSR count).